The Morgan fingerprint density at radius 2 is 2.19 bits per heavy atom. The lowest BCUT2D eigenvalue weighted by Crippen LogP contribution is -2.32. The number of aromatic nitrogens is 2. The second-order valence-electron chi connectivity index (χ2n) is 5.98. The molecule has 0 unspecified atom stereocenters. The van der Waals surface area contributed by atoms with Gasteiger partial charge in [0.25, 0.3) is 5.91 Å². The lowest BCUT2D eigenvalue weighted by atomic mass is 10.2. The van der Waals surface area contributed by atoms with E-state index in [1.807, 2.05) is 0 Å². The molecule has 12 nitrogen and oxygen atoms in total. The van der Waals surface area contributed by atoms with E-state index >= 15 is 0 Å². The number of amides is 1. The summed E-state index contributed by atoms with van der Waals surface area (Å²) in [5.41, 5.74) is 5.38. The van der Waals surface area contributed by atoms with E-state index in [-0.39, 0.29) is 29.8 Å². The molecule has 0 aliphatic heterocycles. The van der Waals surface area contributed by atoms with Gasteiger partial charge in [-0.2, -0.15) is 0 Å². The SMILES string of the molecule is COCCN(CCO)c1cc(C(=O)Nc2nnc(N=C(C)C=CN)s2)oc(=O)c1OC. The average molecular weight is 452 g/mol. The van der Waals surface area contributed by atoms with Gasteiger partial charge in [-0.15, -0.1) is 10.2 Å². The maximum Gasteiger partial charge on any atom is 0.381 e. The molecule has 2 rings (SSSR count). The number of aliphatic hydroxyl groups is 1. The monoisotopic (exact) mass is 452 g/mol. The number of methoxy groups -OCH3 is 2. The van der Waals surface area contributed by atoms with Crippen LogP contribution < -0.4 is 26.3 Å². The summed E-state index contributed by atoms with van der Waals surface area (Å²) in [5.74, 6) is -1.05. The molecule has 2 heterocycles. The van der Waals surface area contributed by atoms with Crippen LogP contribution in [-0.4, -0.2) is 67.4 Å². The van der Waals surface area contributed by atoms with Crippen LogP contribution in [0.25, 0.3) is 0 Å². The number of nitrogens with one attached hydrogen (secondary N) is 1. The second-order valence-corrected chi connectivity index (χ2v) is 6.93. The number of ether oxygens (including phenoxy) is 2. The zero-order valence-electron chi connectivity index (χ0n) is 17.3. The molecule has 0 atom stereocenters. The molecule has 168 valence electrons. The number of rotatable bonds is 11. The number of allylic oxidation sites excluding steroid dienone is 1. The van der Waals surface area contributed by atoms with Crippen molar-refractivity contribution >= 4 is 38.9 Å². The number of aliphatic imine (C=N–C) groups is 1. The Hall–Kier alpha value is -3.29. The molecule has 4 N–H and O–H groups in total. The third-order valence-electron chi connectivity index (χ3n) is 3.84. The smallest absolute Gasteiger partial charge is 0.381 e. The maximum atomic E-state index is 12.6. The standard InChI is InChI=1S/C18H24N6O6S/c1-11(4-5-19)20-17-22-23-18(31-17)21-15(26)13-10-12(14(29-3)16(27)30-13)24(6-8-25)7-9-28-2/h4-5,10,25H,6-9,19H2,1-3H3,(H,21,23,26). The zero-order chi connectivity index (χ0) is 22.8. The summed E-state index contributed by atoms with van der Waals surface area (Å²) in [6.45, 7) is 2.43. The van der Waals surface area contributed by atoms with Crippen LogP contribution in [0.2, 0.25) is 0 Å². The first-order chi connectivity index (χ1) is 14.9. The van der Waals surface area contributed by atoms with Crippen LogP contribution in [0, 0.1) is 0 Å². The number of nitrogens with zero attached hydrogens (tertiary/aromatic N) is 4. The zero-order valence-corrected chi connectivity index (χ0v) is 18.1. The average Bonchev–Trinajstić information content (AvgIpc) is 3.17. The van der Waals surface area contributed by atoms with Crippen LogP contribution in [-0.2, 0) is 4.74 Å². The fourth-order valence-corrected chi connectivity index (χ4v) is 3.15. The van der Waals surface area contributed by atoms with Crippen molar-refractivity contribution < 1.29 is 23.8 Å². The van der Waals surface area contributed by atoms with E-state index in [0.717, 1.165) is 11.3 Å². The minimum absolute atomic E-state index is 0.0860. The molecule has 2 aromatic rings. The number of hydrogen-bond acceptors (Lipinski definition) is 12. The topological polar surface area (TPSA) is 165 Å². The van der Waals surface area contributed by atoms with E-state index in [1.54, 1.807) is 17.9 Å². The molecule has 0 fully saturated rings. The van der Waals surface area contributed by atoms with Crippen LogP contribution in [0.5, 0.6) is 5.75 Å². The van der Waals surface area contributed by atoms with Crippen LogP contribution in [0.4, 0.5) is 16.0 Å². The third kappa shape index (κ3) is 6.60. The van der Waals surface area contributed by atoms with Crippen molar-refractivity contribution in [2.45, 2.75) is 6.92 Å². The Labute approximate surface area is 182 Å². The highest BCUT2D eigenvalue weighted by molar-refractivity contribution is 7.18. The Balaban J connectivity index is 2.30. The molecule has 0 spiro atoms. The Morgan fingerprint density at radius 3 is 2.84 bits per heavy atom. The fraction of sp³-hybridized carbons (Fsp3) is 0.389. The first kappa shape index (κ1) is 24.0. The first-order valence-corrected chi connectivity index (χ1v) is 9.90. The van der Waals surface area contributed by atoms with Crippen LogP contribution in [0.1, 0.15) is 17.5 Å². The molecule has 0 aromatic carbocycles. The van der Waals surface area contributed by atoms with E-state index < -0.39 is 11.5 Å². The van der Waals surface area contributed by atoms with Gasteiger partial charge in [0, 0.05) is 32.0 Å². The molecule has 13 heteroatoms. The number of aliphatic hydroxyl groups excluding tert-OH is 1. The lowest BCUT2D eigenvalue weighted by Gasteiger charge is -2.24. The van der Waals surface area contributed by atoms with Crippen LogP contribution >= 0.6 is 11.3 Å². The summed E-state index contributed by atoms with van der Waals surface area (Å²) in [6, 6.07) is 1.36. The largest absolute Gasteiger partial charge is 0.488 e. The van der Waals surface area contributed by atoms with E-state index in [9.17, 15) is 14.7 Å². The second kappa shape index (κ2) is 11.8. The highest BCUT2D eigenvalue weighted by Gasteiger charge is 2.22. The van der Waals surface area contributed by atoms with Gasteiger partial charge in [0.2, 0.25) is 16.0 Å². The van der Waals surface area contributed by atoms with Crippen molar-refractivity contribution in [3.63, 3.8) is 0 Å². The summed E-state index contributed by atoms with van der Waals surface area (Å²) in [4.78, 5) is 30.8. The van der Waals surface area contributed by atoms with Crippen molar-refractivity contribution in [1.29, 1.82) is 0 Å². The third-order valence-corrected chi connectivity index (χ3v) is 4.57. The lowest BCUT2D eigenvalue weighted by molar-refractivity contribution is 0.0991. The van der Waals surface area contributed by atoms with Gasteiger partial charge >= 0.3 is 5.63 Å². The van der Waals surface area contributed by atoms with E-state index in [0.29, 0.717) is 29.7 Å². The molecular weight excluding hydrogens is 428 g/mol. The quantitative estimate of drug-likeness (QED) is 0.414. The molecule has 2 aromatic heterocycles. The molecule has 0 aliphatic rings. The number of carbonyl (C=O) groups excluding carboxylic acids is 1. The molecular formula is C18H24N6O6S. The van der Waals surface area contributed by atoms with Gasteiger partial charge in [-0.25, -0.2) is 9.79 Å². The van der Waals surface area contributed by atoms with Gasteiger partial charge in [-0.05, 0) is 19.2 Å². The summed E-state index contributed by atoms with van der Waals surface area (Å²) in [7, 11) is 2.84. The summed E-state index contributed by atoms with van der Waals surface area (Å²) in [6.07, 6.45) is 2.94. The van der Waals surface area contributed by atoms with Gasteiger partial charge in [0.15, 0.2) is 5.76 Å². The van der Waals surface area contributed by atoms with Crippen molar-refractivity contribution in [1.82, 2.24) is 10.2 Å². The minimum atomic E-state index is -0.836. The van der Waals surface area contributed by atoms with Crippen molar-refractivity contribution in [2.75, 3.05) is 50.7 Å². The normalized spacial score (nSPS) is 11.7. The molecule has 1 amide bonds. The first-order valence-electron chi connectivity index (χ1n) is 9.08. The predicted octanol–water partition coefficient (Wildman–Crippen LogP) is 0.762. The highest BCUT2D eigenvalue weighted by Crippen LogP contribution is 2.27. The van der Waals surface area contributed by atoms with Crippen molar-refractivity contribution in [3.05, 3.63) is 34.5 Å². The highest BCUT2D eigenvalue weighted by atomic mass is 32.1. The van der Waals surface area contributed by atoms with Gasteiger partial charge in [0.1, 0.15) is 0 Å². The Kier molecular flexibility index (Phi) is 9.12. The van der Waals surface area contributed by atoms with Gasteiger partial charge in [-0.1, -0.05) is 11.3 Å². The number of hydrogen-bond donors (Lipinski definition) is 3. The van der Waals surface area contributed by atoms with Gasteiger partial charge in [0.05, 0.1) is 26.0 Å². The molecule has 0 saturated carbocycles. The van der Waals surface area contributed by atoms with Crippen molar-refractivity contribution in [3.8, 4) is 5.75 Å². The van der Waals surface area contributed by atoms with E-state index in [2.05, 4.69) is 20.5 Å². The van der Waals surface area contributed by atoms with Crippen molar-refractivity contribution in [2.24, 2.45) is 10.7 Å². The molecule has 0 bridgehead atoms. The minimum Gasteiger partial charge on any atom is -0.488 e. The number of anilines is 2. The Morgan fingerprint density at radius 1 is 1.42 bits per heavy atom. The number of carbonyl (C=O) groups is 1. The molecule has 31 heavy (non-hydrogen) atoms. The summed E-state index contributed by atoms with van der Waals surface area (Å²) < 4.78 is 15.3. The molecule has 0 saturated heterocycles. The van der Waals surface area contributed by atoms with Gasteiger partial charge in [-0.3, -0.25) is 10.1 Å². The molecule has 0 radical (unpaired) electrons. The van der Waals surface area contributed by atoms with Crippen LogP contribution in [0.15, 0.2) is 32.5 Å². The maximum absolute atomic E-state index is 12.6. The van der Waals surface area contributed by atoms with Crippen LogP contribution in [0.3, 0.4) is 0 Å². The predicted molar refractivity (Wildman–Crippen MR) is 117 cm³/mol. The van der Waals surface area contributed by atoms with E-state index in [4.69, 9.17) is 19.6 Å². The van der Waals surface area contributed by atoms with Gasteiger partial charge < -0.3 is 29.6 Å². The Bertz CT molecular complexity index is 1000. The summed E-state index contributed by atoms with van der Waals surface area (Å²) in [5, 5.41) is 20.1. The van der Waals surface area contributed by atoms with E-state index in [1.165, 1.54) is 26.5 Å². The molecule has 0 aliphatic carbocycles. The summed E-state index contributed by atoms with van der Waals surface area (Å²) >= 11 is 1.03. The fourth-order valence-electron chi connectivity index (χ4n) is 2.48. The number of nitrogens with two attached hydrogens (primary N) is 1.